The van der Waals surface area contributed by atoms with Crippen LogP contribution in [-0.2, 0) is 14.3 Å². The van der Waals surface area contributed by atoms with Crippen molar-refractivity contribution in [2.45, 2.75) is 81.1 Å². The van der Waals surface area contributed by atoms with Crippen molar-refractivity contribution < 1.29 is 23.8 Å². The maximum atomic E-state index is 13.0. The molecule has 5 heteroatoms. The van der Waals surface area contributed by atoms with Crippen molar-refractivity contribution >= 4 is 18.0 Å². The topological polar surface area (TPSA) is 61.8 Å². The van der Waals surface area contributed by atoms with E-state index in [1.165, 1.54) is 5.57 Å². The van der Waals surface area contributed by atoms with Gasteiger partial charge in [0.05, 0.1) is 23.7 Å². The first kappa shape index (κ1) is 28.4. The summed E-state index contributed by atoms with van der Waals surface area (Å²) < 4.78 is 17.4. The third kappa shape index (κ3) is 7.58. The molecular formula is C30H42O5. The molecule has 0 unspecified atom stereocenters. The molecule has 0 saturated heterocycles. The second kappa shape index (κ2) is 11.3. The Morgan fingerprint density at radius 1 is 1.03 bits per heavy atom. The van der Waals surface area contributed by atoms with Gasteiger partial charge in [-0.1, -0.05) is 23.8 Å². The lowest BCUT2D eigenvalue weighted by Gasteiger charge is -2.33. The molecule has 0 spiro atoms. The summed E-state index contributed by atoms with van der Waals surface area (Å²) in [5, 5.41) is 0. The Balaban J connectivity index is 2.82. The summed E-state index contributed by atoms with van der Waals surface area (Å²) in [4.78, 5) is 26.0. The van der Waals surface area contributed by atoms with Crippen molar-refractivity contribution in [3.63, 3.8) is 0 Å². The highest BCUT2D eigenvalue weighted by Crippen LogP contribution is 2.48. The van der Waals surface area contributed by atoms with E-state index in [0.29, 0.717) is 29.2 Å². The third-order valence-corrected chi connectivity index (χ3v) is 5.99. The Morgan fingerprint density at radius 3 is 1.97 bits per heavy atom. The van der Waals surface area contributed by atoms with Gasteiger partial charge in [0.25, 0.3) is 0 Å². The van der Waals surface area contributed by atoms with Crippen LogP contribution in [0.4, 0.5) is 0 Å². The van der Waals surface area contributed by atoms with Crippen LogP contribution < -0.4 is 9.47 Å². The molecule has 1 aliphatic rings. The van der Waals surface area contributed by atoms with Gasteiger partial charge in [0.1, 0.15) is 11.5 Å². The number of hydrogen-bond donors (Lipinski definition) is 0. The van der Waals surface area contributed by atoms with Gasteiger partial charge < -0.3 is 14.2 Å². The maximum absolute atomic E-state index is 13.0. The minimum atomic E-state index is -0.706. The average Bonchev–Trinajstić information content (AvgIpc) is 2.72. The normalized spacial score (nSPS) is 18.7. The van der Waals surface area contributed by atoms with Gasteiger partial charge in [-0.25, -0.2) is 0 Å². The van der Waals surface area contributed by atoms with Crippen LogP contribution in [0.2, 0.25) is 0 Å². The molecule has 0 N–H and O–H groups in total. The lowest BCUT2D eigenvalue weighted by molar-refractivity contribution is -0.143. The van der Waals surface area contributed by atoms with Gasteiger partial charge in [-0.2, -0.15) is 0 Å². The van der Waals surface area contributed by atoms with Crippen LogP contribution in [0.5, 0.6) is 11.5 Å². The molecule has 35 heavy (non-hydrogen) atoms. The standard InChI is InChI=1S/C30H42O5/c1-11-33-15-14-21-17-24(34-27(31)29(5,6)7)26(25(18-21)35-28(32)30(8,9)10)23-16-20(4)12-13-22(23)19(2)3/h14-18,22-23H,2,11-13H2,1,3-10H3/b15-14+/t22-,23+/m0/s1. The van der Waals surface area contributed by atoms with Crippen molar-refractivity contribution in [1.82, 2.24) is 0 Å². The number of benzene rings is 1. The number of rotatable bonds is 7. The lowest BCUT2D eigenvalue weighted by Crippen LogP contribution is -2.28. The Kier molecular flexibility index (Phi) is 9.16. The molecule has 192 valence electrons. The van der Waals surface area contributed by atoms with Gasteiger partial charge in [0.2, 0.25) is 0 Å². The zero-order chi connectivity index (χ0) is 26.6. The number of carbonyl (C=O) groups excluding carboxylic acids is 2. The quantitative estimate of drug-likeness (QED) is 0.173. The SMILES string of the molecule is C=C(C)[C@@H]1CCC(C)=C[C@H]1c1c(OC(=O)C(C)(C)C)cc(/C=C/OCC)cc1OC(=O)C(C)(C)C. The first-order valence-electron chi connectivity index (χ1n) is 12.4. The molecule has 0 fully saturated rings. The zero-order valence-electron chi connectivity index (χ0n) is 22.9. The molecule has 0 saturated carbocycles. The van der Waals surface area contributed by atoms with Crippen LogP contribution >= 0.6 is 0 Å². The minimum absolute atomic E-state index is 0.127. The fraction of sp³-hybridized carbons (Fsp3) is 0.533. The molecule has 5 nitrogen and oxygen atoms in total. The average molecular weight is 483 g/mol. The predicted molar refractivity (Wildman–Crippen MR) is 141 cm³/mol. The van der Waals surface area contributed by atoms with Gasteiger partial charge in [-0.3, -0.25) is 9.59 Å². The number of carbonyl (C=O) groups is 2. The predicted octanol–water partition coefficient (Wildman–Crippen LogP) is 7.61. The van der Waals surface area contributed by atoms with Gasteiger partial charge >= 0.3 is 11.9 Å². The third-order valence-electron chi connectivity index (χ3n) is 5.99. The Labute approximate surface area is 211 Å². The van der Waals surface area contributed by atoms with Gasteiger partial charge in [0, 0.05) is 11.5 Å². The summed E-state index contributed by atoms with van der Waals surface area (Å²) >= 11 is 0. The van der Waals surface area contributed by atoms with Crippen LogP contribution in [0.15, 0.2) is 42.2 Å². The monoisotopic (exact) mass is 482 g/mol. The molecule has 0 radical (unpaired) electrons. The van der Waals surface area contributed by atoms with Crippen molar-refractivity contribution in [1.29, 1.82) is 0 Å². The Hall–Kier alpha value is -2.82. The molecule has 2 rings (SSSR count). The van der Waals surface area contributed by atoms with E-state index in [1.807, 2.05) is 67.5 Å². The number of hydrogen-bond acceptors (Lipinski definition) is 5. The molecule has 1 aromatic carbocycles. The highest BCUT2D eigenvalue weighted by molar-refractivity contribution is 5.81. The summed E-state index contributed by atoms with van der Waals surface area (Å²) in [5.41, 5.74) is 2.28. The first-order valence-corrected chi connectivity index (χ1v) is 12.4. The van der Waals surface area contributed by atoms with E-state index in [0.717, 1.165) is 18.4 Å². The van der Waals surface area contributed by atoms with Crippen molar-refractivity contribution in [2.75, 3.05) is 6.61 Å². The first-order chi connectivity index (χ1) is 16.1. The summed E-state index contributed by atoms with van der Waals surface area (Å²) in [6, 6.07) is 3.63. The van der Waals surface area contributed by atoms with Crippen molar-refractivity contribution in [3.8, 4) is 11.5 Å². The molecular weight excluding hydrogens is 440 g/mol. The molecule has 0 heterocycles. The van der Waals surface area contributed by atoms with E-state index in [-0.39, 0.29) is 23.8 Å². The fourth-order valence-corrected chi connectivity index (χ4v) is 3.85. The van der Waals surface area contributed by atoms with Crippen LogP contribution in [-0.4, -0.2) is 18.5 Å². The maximum Gasteiger partial charge on any atom is 0.316 e. The summed E-state index contributed by atoms with van der Waals surface area (Å²) in [6.07, 6.45) is 7.44. The van der Waals surface area contributed by atoms with Crippen LogP contribution in [0.3, 0.4) is 0 Å². The van der Waals surface area contributed by atoms with Crippen molar-refractivity contribution in [2.24, 2.45) is 16.7 Å². The van der Waals surface area contributed by atoms with Crippen LogP contribution in [0, 0.1) is 16.7 Å². The summed E-state index contributed by atoms with van der Waals surface area (Å²) in [7, 11) is 0. The van der Waals surface area contributed by atoms with Gasteiger partial charge in [-0.05, 0) is 105 Å². The molecule has 1 aromatic rings. The summed E-state index contributed by atoms with van der Waals surface area (Å²) in [5.74, 6) is 0.0479. The molecule has 0 aliphatic heterocycles. The van der Waals surface area contributed by atoms with Crippen LogP contribution in [0.1, 0.15) is 92.2 Å². The number of ether oxygens (including phenoxy) is 3. The van der Waals surface area contributed by atoms with E-state index < -0.39 is 10.8 Å². The highest BCUT2D eigenvalue weighted by atomic mass is 16.5. The highest BCUT2D eigenvalue weighted by Gasteiger charge is 2.35. The number of esters is 2. The Bertz CT molecular complexity index is 965. The minimum Gasteiger partial charge on any atom is -0.501 e. The van der Waals surface area contributed by atoms with E-state index in [2.05, 4.69) is 19.6 Å². The smallest absolute Gasteiger partial charge is 0.316 e. The summed E-state index contributed by atoms with van der Waals surface area (Å²) in [6.45, 7) is 21.7. The van der Waals surface area contributed by atoms with E-state index in [1.54, 1.807) is 12.3 Å². The molecule has 0 bridgehead atoms. The van der Waals surface area contributed by atoms with Gasteiger partial charge in [-0.15, -0.1) is 0 Å². The fourth-order valence-electron chi connectivity index (χ4n) is 3.85. The molecule has 0 amide bonds. The van der Waals surface area contributed by atoms with Crippen molar-refractivity contribution in [3.05, 3.63) is 53.3 Å². The Morgan fingerprint density at radius 2 is 1.54 bits per heavy atom. The van der Waals surface area contributed by atoms with E-state index >= 15 is 0 Å². The number of allylic oxidation sites excluding steroid dienone is 3. The van der Waals surface area contributed by atoms with E-state index in [9.17, 15) is 9.59 Å². The van der Waals surface area contributed by atoms with Crippen LogP contribution in [0.25, 0.3) is 6.08 Å². The largest absolute Gasteiger partial charge is 0.501 e. The van der Waals surface area contributed by atoms with Gasteiger partial charge in [0.15, 0.2) is 0 Å². The second-order valence-corrected chi connectivity index (χ2v) is 11.5. The molecule has 2 atom stereocenters. The molecule has 0 aromatic heterocycles. The zero-order valence-corrected chi connectivity index (χ0v) is 22.9. The van der Waals surface area contributed by atoms with E-state index in [4.69, 9.17) is 14.2 Å². The second-order valence-electron chi connectivity index (χ2n) is 11.5. The lowest BCUT2D eigenvalue weighted by atomic mass is 9.73. The molecule has 1 aliphatic carbocycles.